The Labute approximate surface area is 164 Å². The molecule has 9 heteroatoms. The minimum atomic E-state index is -4.49. The van der Waals surface area contributed by atoms with E-state index in [4.69, 9.17) is 0 Å². The normalized spacial score (nSPS) is 17.2. The molecule has 0 unspecified atom stereocenters. The zero-order chi connectivity index (χ0) is 19.9. The summed E-state index contributed by atoms with van der Waals surface area (Å²) in [5.41, 5.74) is 0.0864. The van der Waals surface area contributed by atoms with Crippen LogP contribution in [0.2, 0.25) is 0 Å². The van der Waals surface area contributed by atoms with Crippen molar-refractivity contribution in [3.8, 4) is 0 Å². The summed E-state index contributed by atoms with van der Waals surface area (Å²) in [4.78, 5) is 4.55. The number of alkyl halides is 3. The molecule has 0 N–H and O–H groups in total. The molecule has 0 saturated carbocycles. The average molecular weight is 426 g/mol. The molecule has 0 atom stereocenters. The van der Waals surface area contributed by atoms with Gasteiger partial charge in [0.05, 0.1) is 25.7 Å². The number of para-hydroxylation sites is 1. The molecule has 1 fully saturated rings. The highest BCUT2D eigenvalue weighted by molar-refractivity contribution is 7.89. The molecule has 2 aromatic carbocycles. The van der Waals surface area contributed by atoms with Gasteiger partial charge in [-0.3, -0.25) is 0 Å². The summed E-state index contributed by atoms with van der Waals surface area (Å²) < 4.78 is 66.0. The summed E-state index contributed by atoms with van der Waals surface area (Å²) >= 11 is 1.63. The number of hydrogen-bond donors (Lipinski definition) is 0. The lowest BCUT2D eigenvalue weighted by Gasteiger charge is -2.30. The third kappa shape index (κ3) is 3.66. The van der Waals surface area contributed by atoms with E-state index in [9.17, 15) is 21.6 Å². The first-order valence-electron chi connectivity index (χ1n) is 8.78. The monoisotopic (exact) mass is 426 g/mol. The lowest BCUT2D eigenvalue weighted by molar-refractivity contribution is -0.137. The lowest BCUT2D eigenvalue weighted by atomic mass is 9.99. The van der Waals surface area contributed by atoms with Crippen molar-refractivity contribution in [1.82, 2.24) is 9.29 Å². The quantitative estimate of drug-likeness (QED) is 0.600. The van der Waals surface area contributed by atoms with E-state index >= 15 is 0 Å². The third-order valence-electron chi connectivity index (χ3n) is 4.93. The van der Waals surface area contributed by atoms with Gasteiger partial charge in [0.15, 0.2) is 0 Å². The summed E-state index contributed by atoms with van der Waals surface area (Å²) in [6.45, 7) is 0.647. The fraction of sp³-hybridized carbons (Fsp3) is 0.316. The summed E-state index contributed by atoms with van der Waals surface area (Å²) in [5, 5.41) is 1.01. The van der Waals surface area contributed by atoms with Gasteiger partial charge in [0, 0.05) is 19.0 Å². The molecule has 148 valence electrons. The number of rotatable bonds is 3. The zero-order valence-corrected chi connectivity index (χ0v) is 16.3. The lowest BCUT2D eigenvalue weighted by Crippen LogP contribution is -2.37. The molecular weight excluding hydrogens is 409 g/mol. The fourth-order valence-electron chi connectivity index (χ4n) is 3.37. The first-order chi connectivity index (χ1) is 13.2. The van der Waals surface area contributed by atoms with Gasteiger partial charge in [0.2, 0.25) is 10.0 Å². The Bertz CT molecular complexity index is 1050. The average Bonchev–Trinajstić information content (AvgIpc) is 3.12. The van der Waals surface area contributed by atoms with Gasteiger partial charge >= 0.3 is 6.18 Å². The number of benzene rings is 2. The minimum absolute atomic E-state index is 0.112. The highest BCUT2D eigenvalue weighted by Gasteiger charge is 2.33. The molecule has 4 nitrogen and oxygen atoms in total. The maximum atomic E-state index is 12.8. The van der Waals surface area contributed by atoms with Gasteiger partial charge in [0.1, 0.15) is 0 Å². The molecule has 1 aliphatic heterocycles. The van der Waals surface area contributed by atoms with Crippen LogP contribution in [0.25, 0.3) is 10.2 Å². The van der Waals surface area contributed by atoms with Crippen molar-refractivity contribution in [1.29, 1.82) is 0 Å². The van der Waals surface area contributed by atoms with Gasteiger partial charge in [-0.15, -0.1) is 11.3 Å². The van der Waals surface area contributed by atoms with Gasteiger partial charge in [-0.1, -0.05) is 12.1 Å². The number of aromatic nitrogens is 1. The van der Waals surface area contributed by atoms with E-state index in [1.807, 2.05) is 24.3 Å². The van der Waals surface area contributed by atoms with Crippen LogP contribution in [0.3, 0.4) is 0 Å². The van der Waals surface area contributed by atoms with E-state index in [0.29, 0.717) is 25.9 Å². The maximum absolute atomic E-state index is 12.8. The van der Waals surface area contributed by atoms with Crippen LogP contribution in [-0.2, 0) is 16.2 Å². The van der Waals surface area contributed by atoms with Crippen molar-refractivity contribution < 1.29 is 21.6 Å². The molecule has 0 aliphatic carbocycles. The van der Waals surface area contributed by atoms with E-state index in [2.05, 4.69) is 4.98 Å². The Morgan fingerprint density at radius 3 is 2.25 bits per heavy atom. The smallest absolute Gasteiger partial charge is 0.241 e. The van der Waals surface area contributed by atoms with Gasteiger partial charge in [-0.25, -0.2) is 13.4 Å². The van der Waals surface area contributed by atoms with Crippen molar-refractivity contribution in [3.05, 3.63) is 59.1 Å². The molecule has 1 aliphatic rings. The summed E-state index contributed by atoms with van der Waals surface area (Å²) in [6.07, 6.45) is -3.21. The van der Waals surface area contributed by atoms with Crippen molar-refractivity contribution in [2.24, 2.45) is 0 Å². The van der Waals surface area contributed by atoms with Gasteiger partial charge in [-0.05, 0) is 49.2 Å². The SMILES string of the molecule is O=S(=O)(c1ccc(C(F)(F)F)cc1)N1CCC(c2nc3ccccc3s2)CC1. The van der Waals surface area contributed by atoms with Gasteiger partial charge < -0.3 is 0 Å². The number of sulfonamides is 1. The number of nitrogens with zero attached hydrogens (tertiary/aromatic N) is 2. The number of halogens is 3. The number of fused-ring (bicyclic) bond motifs is 1. The van der Waals surface area contributed by atoms with E-state index < -0.39 is 21.8 Å². The predicted octanol–water partition coefficient (Wildman–Crippen LogP) is 4.88. The zero-order valence-electron chi connectivity index (χ0n) is 14.7. The molecule has 0 bridgehead atoms. The van der Waals surface area contributed by atoms with Crippen LogP contribution in [-0.4, -0.2) is 30.8 Å². The molecule has 4 rings (SSSR count). The van der Waals surface area contributed by atoms with E-state index in [-0.39, 0.29) is 10.8 Å². The van der Waals surface area contributed by atoms with Crippen molar-refractivity contribution >= 4 is 31.6 Å². The van der Waals surface area contributed by atoms with Crippen LogP contribution < -0.4 is 0 Å². The molecule has 1 aromatic heterocycles. The van der Waals surface area contributed by atoms with Crippen molar-refractivity contribution in [2.75, 3.05) is 13.1 Å². The molecular formula is C19H17F3N2O2S2. The fourth-order valence-corrected chi connectivity index (χ4v) is 5.98. The number of hydrogen-bond acceptors (Lipinski definition) is 4. The second-order valence-corrected chi connectivity index (χ2v) is 9.72. The largest absolute Gasteiger partial charge is 0.416 e. The molecule has 2 heterocycles. The maximum Gasteiger partial charge on any atom is 0.416 e. The van der Waals surface area contributed by atoms with Crippen molar-refractivity contribution in [3.63, 3.8) is 0 Å². The Balaban J connectivity index is 1.47. The molecule has 0 spiro atoms. The Morgan fingerprint density at radius 2 is 1.64 bits per heavy atom. The third-order valence-corrected chi connectivity index (χ3v) is 8.04. The molecule has 1 saturated heterocycles. The standard InChI is InChI=1S/C19H17F3N2O2S2/c20-19(21,22)14-5-7-15(8-6-14)28(25,26)24-11-9-13(10-12-24)18-23-16-3-1-2-4-17(16)27-18/h1-8,13H,9-12H2. The Hall–Kier alpha value is -1.97. The van der Waals surface area contributed by atoms with E-state index in [1.165, 1.54) is 4.31 Å². The van der Waals surface area contributed by atoms with Crippen molar-refractivity contribution in [2.45, 2.75) is 29.8 Å². The van der Waals surface area contributed by atoms with Crippen LogP contribution in [0.1, 0.15) is 29.3 Å². The van der Waals surface area contributed by atoms with Crippen LogP contribution in [0.15, 0.2) is 53.4 Å². The first-order valence-corrected chi connectivity index (χ1v) is 11.0. The summed E-state index contributed by atoms with van der Waals surface area (Å²) in [5.74, 6) is 0.191. The first kappa shape index (κ1) is 19.4. The topological polar surface area (TPSA) is 50.3 Å². The van der Waals surface area contributed by atoms with Crippen LogP contribution in [0.5, 0.6) is 0 Å². The summed E-state index contributed by atoms with van der Waals surface area (Å²) in [7, 11) is -3.81. The van der Waals surface area contributed by atoms with Gasteiger partial charge in [-0.2, -0.15) is 17.5 Å². The molecule has 28 heavy (non-hydrogen) atoms. The van der Waals surface area contributed by atoms with E-state index in [0.717, 1.165) is 39.5 Å². The van der Waals surface area contributed by atoms with Crippen LogP contribution >= 0.6 is 11.3 Å². The molecule has 0 radical (unpaired) electrons. The molecule has 3 aromatic rings. The summed E-state index contributed by atoms with van der Waals surface area (Å²) in [6, 6.07) is 11.5. The highest BCUT2D eigenvalue weighted by Crippen LogP contribution is 2.35. The predicted molar refractivity (Wildman–Crippen MR) is 102 cm³/mol. The number of thiazole rings is 1. The molecule has 0 amide bonds. The van der Waals surface area contributed by atoms with E-state index in [1.54, 1.807) is 11.3 Å². The van der Waals surface area contributed by atoms with Gasteiger partial charge in [0.25, 0.3) is 0 Å². The second-order valence-electron chi connectivity index (χ2n) is 6.72. The Morgan fingerprint density at radius 1 is 1.00 bits per heavy atom. The minimum Gasteiger partial charge on any atom is -0.241 e. The van der Waals surface area contributed by atoms with Crippen LogP contribution in [0.4, 0.5) is 13.2 Å². The highest BCUT2D eigenvalue weighted by atomic mass is 32.2. The Kier molecular flexibility index (Phi) is 4.93. The van der Waals surface area contributed by atoms with Crippen LogP contribution in [0, 0.1) is 0 Å². The number of piperidine rings is 1. The second kappa shape index (κ2) is 7.13.